The Morgan fingerprint density at radius 3 is 2.62 bits per heavy atom. The Bertz CT molecular complexity index is 348. The summed E-state index contributed by atoms with van der Waals surface area (Å²) < 4.78 is 3.69. The quantitative estimate of drug-likeness (QED) is 0.657. The second-order valence-corrected chi connectivity index (χ2v) is 7.86. The van der Waals surface area contributed by atoms with E-state index in [4.69, 9.17) is 0 Å². The lowest BCUT2D eigenvalue weighted by Crippen LogP contribution is -2.34. The van der Waals surface area contributed by atoms with E-state index in [-0.39, 0.29) is 4.08 Å². The fraction of sp³-hybridized carbons (Fsp3) is 0.500. The van der Waals surface area contributed by atoms with Gasteiger partial charge in [-0.2, -0.15) is 0 Å². The fourth-order valence-corrected chi connectivity index (χ4v) is 6.18. The second kappa shape index (κ2) is 5.71. The van der Waals surface area contributed by atoms with Gasteiger partial charge in [-0.1, -0.05) is 32.0 Å². The van der Waals surface area contributed by atoms with Gasteiger partial charge in [0.25, 0.3) is 0 Å². The lowest BCUT2D eigenvalue weighted by molar-refractivity contribution is 0.792. The largest absolute Gasteiger partial charge is 0.257 e. The van der Waals surface area contributed by atoms with E-state index in [1.54, 1.807) is 11.9 Å². The number of benzene rings is 1. The first-order valence-electron chi connectivity index (χ1n) is 5.59. The standard InChI is InChI=1S/C12H17NS3/c1-3-14-12(15-4-2)9-13-16-11-8-6-5-7-10(11)12/h5-8,13H,3-4,9H2,1-2H3. The molecular formula is C12H17NS3. The summed E-state index contributed by atoms with van der Waals surface area (Å²) in [5, 5.41) is 0. The van der Waals surface area contributed by atoms with E-state index in [1.165, 1.54) is 10.5 Å². The van der Waals surface area contributed by atoms with Gasteiger partial charge in [-0.15, -0.1) is 23.5 Å². The van der Waals surface area contributed by atoms with Crippen molar-refractivity contribution in [3.8, 4) is 0 Å². The number of hydrogen-bond acceptors (Lipinski definition) is 4. The zero-order chi connectivity index (χ0) is 11.4. The van der Waals surface area contributed by atoms with E-state index in [0.29, 0.717) is 0 Å². The summed E-state index contributed by atoms with van der Waals surface area (Å²) in [6, 6.07) is 8.78. The summed E-state index contributed by atoms with van der Waals surface area (Å²) in [4.78, 5) is 1.38. The summed E-state index contributed by atoms with van der Waals surface area (Å²) in [7, 11) is 0. The molecule has 0 aliphatic carbocycles. The number of hydrogen-bond donors (Lipinski definition) is 1. The average molecular weight is 271 g/mol. The van der Waals surface area contributed by atoms with Crippen LogP contribution >= 0.6 is 35.5 Å². The van der Waals surface area contributed by atoms with Crippen molar-refractivity contribution >= 4 is 35.5 Å². The maximum Gasteiger partial charge on any atom is 0.100 e. The number of fused-ring (bicyclic) bond motifs is 1. The van der Waals surface area contributed by atoms with Gasteiger partial charge in [-0.05, 0) is 35.1 Å². The molecule has 2 rings (SSSR count). The number of rotatable bonds is 4. The molecule has 1 nitrogen and oxygen atoms in total. The molecule has 0 saturated heterocycles. The summed E-state index contributed by atoms with van der Waals surface area (Å²) in [6.07, 6.45) is 0. The predicted molar refractivity (Wildman–Crippen MR) is 78.2 cm³/mol. The minimum absolute atomic E-state index is 0.214. The van der Waals surface area contributed by atoms with Crippen LogP contribution in [0, 0.1) is 0 Å². The highest BCUT2D eigenvalue weighted by atomic mass is 32.2. The van der Waals surface area contributed by atoms with Crippen molar-refractivity contribution in [2.75, 3.05) is 18.1 Å². The first kappa shape index (κ1) is 12.7. The zero-order valence-corrected chi connectivity index (χ0v) is 12.1. The predicted octanol–water partition coefficient (Wildman–Crippen LogP) is 3.96. The van der Waals surface area contributed by atoms with Crippen molar-refractivity contribution in [3.05, 3.63) is 29.8 Å². The van der Waals surface area contributed by atoms with Gasteiger partial charge in [0.2, 0.25) is 0 Å². The smallest absolute Gasteiger partial charge is 0.100 e. The zero-order valence-electron chi connectivity index (χ0n) is 9.66. The van der Waals surface area contributed by atoms with Gasteiger partial charge in [-0.25, -0.2) is 0 Å². The molecule has 88 valence electrons. The van der Waals surface area contributed by atoms with Gasteiger partial charge in [0.1, 0.15) is 4.08 Å². The molecule has 0 radical (unpaired) electrons. The van der Waals surface area contributed by atoms with Crippen LogP contribution in [0.15, 0.2) is 29.2 Å². The van der Waals surface area contributed by atoms with Crippen LogP contribution in [0.3, 0.4) is 0 Å². The molecule has 0 bridgehead atoms. The highest BCUT2D eigenvalue weighted by molar-refractivity contribution is 8.17. The third-order valence-corrected chi connectivity index (χ3v) is 6.35. The van der Waals surface area contributed by atoms with E-state index < -0.39 is 0 Å². The molecule has 0 spiro atoms. The van der Waals surface area contributed by atoms with Crippen LogP contribution in [0.2, 0.25) is 0 Å². The first-order valence-corrected chi connectivity index (χ1v) is 8.38. The van der Waals surface area contributed by atoms with Crippen LogP contribution in [0.25, 0.3) is 0 Å². The van der Waals surface area contributed by atoms with Crippen molar-refractivity contribution in [2.45, 2.75) is 22.8 Å². The maximum atomic E-state index is 3.48. The second-order valence-electron chi connectivity index (χ2n) is 3.54. The molecule has 0 aromatic heterocycles. The Morgan fingerprint density at radius 2 is 1.94 bits per heavy atom. The van der Waals surface area contributed by atoms with E-state index >= 15 is 0 Å². The van der Waals surface area contributed by atoms with Crippen molar-refractivity contribution in [2.24, 2.45) is 0 Å². The Labute approximate surface area is 111 Å². The van der Waals surface area contributed by atoms with Crippen LogP contribution in [0.1, 0.15) is 19.4 Å². The van der Waals surface area contributed by atoms with Crippen LogP contribution in [0.5, 0.6) is 0 Å². The monoisotopic (exact) mass is 271 g/mol. The summed E-state index contributed by atoms with van der Waals surface area (Å²) in [5.41, 5.74) is 1.50. The van der Waals surface area contributed by atoms with Crippen molar-refractivity contribution in [3.63, 3.8) is 0 Å². The number of nitrogens with one attached hydrogen (secondary N) is 1. The molecule has 1 aliphatic heterocycles. The minimum atomic E-state index is 0.214. The molecular weight excluding hydrogens is 254 g/mol. The van der Waals surface area contributed by atoms with Crippen LogP contribution < -0.4 is 4.72 Å². The summed E-state index contributed by atoms with van der Waals surface area (Å²) in [6.45, 7) is 5.53. The van der Waals surface area contributed by atoms with E-state index in [1.807, 2.05) is 0 Å². The van der Waals surface area contributed by atoms with Crippen LogP contribution in [-0.4, -0.2) is 18.1 Å². The molecule has 1 N–H and O–H groups in total. The molecule has 0 amide bonds. The molecule has 0 saturated carbocycles. The SMILES string of the molecule is CCSC1(SCC)CNSc2ccccc21. The van der Waals surface area contributed by atoms with Crippen molar-refractivity contribution in [1.29, 1.82) is 0 Å². The van der Waals surface area contributed by atoms with E-state index in [9.17, 15) is 0 Å². The fourth-order valence-electron chi connectivity index (χ4n) is 1.94. The normalized spacial score (nSPS) is 18.1. The first-order chi connectivity index (χ1) is 7.82. The van der Waals surface area contributed by atoms with Gasteiger partial charge in [0, 0.05) is 11.4 Å². The molecule has 0 fully saturated rings. The highest BCUT2D eigenvalue weighted by Crippen LogP contribution is 2.51. The molecule has 1 heterocycles. The van der Waals surface area contributed by atoms with Crippen molar-refractivity contribution < 1.29 is 0 Å². The van der Waals surface area contributed by atoms with Gasteiger partial charge in [0.15, 0.2) is 0 Å². The van der Waals surface area contributed by atoms with Crippen LogP contribution in [0.4, 0.5) is 0 Å². The third kappa shape index (κ3) is 2.40. The van der Waals surface area contributed by atoms with Crippen LogP contribution in [-0.2, 0) is 4.08 Å². The Morgan fingerprint density at radius 1 is 1.25 bits per heavy atom. The lowest BCUT2D eigenvalue weighted by Gasteiger charge is -2.37. The van der Waals surface area contributed by atoms with E-state index in [2.05, 4.69) is 66.4 Å². The van der Waals surface area contributed by atoms with Gasteiger partial charge >= 0.3 is 0 Å². The summed E-state index contributed by atoms with van der Waals surface area (Å²) in [5.74, 6) is 2.32. The topological polar surface area (TPSA) is 12.0 Å². The Hall–Kier alpha value is 0.230. The molecule has 0 atom stereocenters. The Kier molecular flexibility index (Phi) is 4.53. The lowest BCUT2D eigenvalue weighted by atomic mass is 10.1. The van der Waals surface area contributed by atoms with Gasteiger partial charge < -0.3 is 0 Å². The average Bonchev–Trinajstić information content (AvgIpc) is 2.30. The molecule has 1 aromatic rings. The minimum Gasteiger partial charge on any atom is -0.257 e. The van der Waals surface area contributed by atoms with Crippen molar-refractivity contribution in [1.82, 2.24) is 4.72 Å². The molecule has 4 heteroatoms. The van der Waals surface area contributed by atoms with Gasteiger partial charge in [0.05, 0.1) is 0 Å². The molecule has 1 aromatic carbocycles. The number of thioether (sulfide) groups is 2. The maximum absolute atomic E-state index is 3.48. The molecule has 0 unspecified atom stereocenters. The Balaban J connectivity index is 2.39. The third-order valence-electron chi connectivity index (χ3n) is 2.54. The van der Waals surface area contributed by atoms with Gasteiger partial charge in [-0.3, -0.25) is 4.72 Å². The summed E-state index contributed by atoms with van der Waals surface area (Å²) >= 11 is 5.87. The molecule has 16 heavy (non-hydrogen) atoms. The highest BCUT2D eigenvalue weighted by Gasteiger charge is 2.36. The van der Waals surface area contributed by atoms with E-state index in [0.717, 1.165) is 18.1 Å². The molecule has 1 aliphatic rings.